The molecule has 2 bridgehead atoms. The van der Waals surface area contributed by atoms with Gasteiger partial charge in [-0.05, 0) is 81.5 Å². The number of halogens is 2. The Balaban J connectivity index is 1.45. The second-order valence-corrected chi connectivity index (χ2v) is 12.0. The highest BCUT2D eigenvalue weighted by Crippen LogP contribution is 2.43. The molecule has 0 spiro atoms. The van der Waals surface area contributed by atoms with Gasteiger partial charge in [0.05, 0.1) is 30.6 Å². The molecule has 0 saturated carbocycles. The van der Waals surface area contributed by atoms with E-state index in [-0.39, 0.29) is 41.6 Å². The first-order valence-electron chi connectivity index (χ1n) is 13.0. The Labute approximate surface area is 235 Å². The maximum Gasteiger partial charge on any atom is 0.410 e. The Hall–Kier alpha value is -3.97. The molecule has 5 rings (SSSR count). The summed E-state index contributed by atoms with van der Waals surface area (Å²) in [5, 5.41) is 3.09. The van der Waals surface area contributed by atoms with Gasteiger partial charge in [0.1, 0.15) is 11.4 Å². The number of amides is 2. The first-order valence-corrected chi connectivity index (χ1v) is 13.8. The minimum absolute atomic E-state index is 0.00539. The lowest BCUT2D eigenvalue weighted by atomic mass is 9.95. The molecule has 1 aromatic heterocycles. The first kappa shape index (κ1) is 27.6. The molecule has 0 aliphatic carbocycles. The Morgan fingerprint density at radius 3 is 2.45 bits per heavy atom. The van der Waals surface area contributed by atoms with Crippen LogP contribution in [0.4, 0.5) is 19.3 Å². The number of benzene rings is 2. The summed E-state index contributed by atoms with van der Waals surface area (Å²) in [5.74, 6) is -1.49. The lowest BCUT2D eigenvalue weighted by Crippen LogP contribution is -2.46. The van der Waals surface area contributed by atoms with E-state index in [0.717, 1.165) is 24.2 Å². The molecule has 10 heteroatoms. The molecule has 3 aromatic rings. The van der Waals surface area contributed by atoms with Crippen LogP contribution in [0.25, 0.3) is 26.4 Å². The largest absolute Gasteiger partial charge is 0.494 e. The van der Waals surface area contributed by atoms with Crippen LogP contribution in [0.5, 0.6) is 5.75 Å². The highest BCUT2D eigenvalue weighted by molar-refractivity contribution is 7.18. The Kier molecular flexibility index (Phi) is 7.27. The predicted molar refractivity (Wildman–Crippen MR) is 149 cm³/mol. The summed E-state index contributed by atoms with van der Waals surface area (Å²) < 4.78 is 39.8. The summed E-state index contributed by atoms with van der Waals surface area (Å²) in [4.78, 5) is 32.2. The van der Waals surface area contributed by atoms with Gasteiger partial charge >= 0.3 is 6.09 Å². The molecule has 208 valence electrons. The zero-order chi connectivity index (χ0) is 28.8. The van der Waals surface area contributed by atoms with Crippen molar-refractivity contribution in [3.05, 3.63) is 70.4 Å². The number of nitrogens with zero attached hydrogens (tertiary/aromatic N) is 2. The van der Waals surface area contributed by atoms with Crippen LogP contribution < -0.4 is 10.1 Å². The topological polar surface area (TPSA) is 72.2 Å². The second kappa shape index (κ2) is 10.5. The van der Waals surface area contributed by atoms with Crippen molar-refractivity contribution in [1.29, 1.82) is 0 Å². The molecule has 2 fully saturated rings. The number of carbonyl (C=O) groups excluding carboxylic acids is 2. The first-order chi connectivity index (χ1) is 19.0. The van der Waals surface area contributed by atoms with Crippen LogP contribution in [0.15, 0.2) is 42.5 Å². The Morgan fingerprint density at radius 1 is 1.07 bits per heavy atom. The van der Waals surface area contributed by atoms with Gasteiger partial charge < -0.3 is 19.7 Å². The van der Waals surface area contributed by atoms with Gasteiger partial charge in [-0.15, -0.1) is 11.3 Å². The third-order valence-corrected chi connectivity index (χ3v) is 8.39. The summed E-state index contributed by atoms with van der Waals surface area (Å²) in [6.07, 6.45) is 1.89. The van der Waals surface area contributed by atoms with Gasteiger partial charge in [-0.25, -0.2) is 18.4 Å². The van der Waals surface area contributed by atoms with Crippen molar-refractivity contribution in [1.82, 2.24) is 10.2 Å². The molecule has 3 unspecified atom stereocenters. The van der Waals surface area contributed by atoms with Gasteiger partial charge in [-0.2, -0.15) is 0 Å². The van der Waals surface area contributed by atoms with E-state index in [1.54, 1.807) is 23.1 Å². The van der Waals surface area contributed by atoms with Crippen LogP contribution >= 0.6 is 11.3 Å². The van der Waals surface area contributed by atoms with E-state index in [2.05, 4.69) is 10.2 Å². The van der Waals surface area contributed by atoms with Gasteiger partial charge in [0.2, 0.25) is 5.69 Å². The minimum atomic E-state index is -0.680. The molecule has 2 amide bonds. The number of methoxy groups -OCH3 is 1. The summed E-state index contributed by atoms with van der Waals surface area (Å²) in [6.45, 7) is 12.6. The highest BCUT2D eigenvalue weighted by Gasteiger charge is 2.50. The van der Waals surface area contributed by atoms with Crippen LogP contribution in [0.3, 0.4) is 0 Å². The number of carbonyl (C=O) groups is 2. The molecule has 2 aromatic carbocycles. The monoisotopic (exact) mass is 565 g/mol. The van der Waals surface area contributed by atoms with Gasteiger partial charge in [0.15, 0.2) is 11.6 Å². The minimum Gasteiger partial charge on any atom is -0.494 e. The number of nitrogens with one attached hydrogen (secondary N) is 1. The number of fused-ring (bicyclic) bond motifs is 2. The quantitative estimate of drug-likeness (QED) is 0.333. The number of hydrogen-bond donors (Lipinski definition) is 1. The normalized spacial score (nSPS) is 19.8. The van der Waals surface area contributed by atoms with Crippen LogP contribution in [0, 0.1) is 18.2 Å². The molecule has 1 N–H and O–H groups in total. The SMILES string of the molecule is [C-]#[N+]c1ccc(-c2cc(C(=O)NC3CC4CCC3N4C(=O)OC(C)(C)C)sc2-c2ccc(OC)c(F)c2)cc1F. The van der Waals surface area contributed by atoms with Crippen molar-refractivity contribution in [2.45, 2.75) is 63.8 Å². The average molecular weight is 566 g/mol. The third-order valence-electron chi connectivity index (χ3n) is 7.21. The Bertz CT molecular complexity index is 1520. The van der Waals surface area contributed by atoms with E-state index in [1.165, 1.54) is 31.4 Å². The van der Waals surface area contributed by atoms with Crippen molar-refractivity contribution < 1.29 is 27.8 Å². The van der Waals surface area contributed by atoms with Crippen LogP contribution in [0.2, 0.25) is 0 Å². The van der Waals surface area contributed by atoms with Gasteiger partial charge in [-0.3, -0.25) is 4.79 Å². The van der Waals surface area contributed by atoms with Crippen molar-refractivity contribution >= 4 is 29.0 Å². The standard InChI is InChI=1S/C30H29F2N3O4S/c1-30(2,3)39-29(37)35-18-8-10-24(35)23(14-18)34-28(36)26-15-19(16-6-9-22(33-4)20(31)12-16)27(40-26)17-7-11-25(38-5)21(32)13-17/h6-7,9,11-13,15,18,23-24H,8,10,14H2,1-3,5H3,(H,34,36). The lowest BCUT2D eigenvalue weighted by Gasteiger charge is -2.28. The molecule has 0 radical (unpaired) electrons. The van der Waals surface area contributed by atoms with Crippen molar-refractivity contribution in [3.63, 3.8) is 0 Å². The van der Waals surface area contributed by atoms with Crippen LogP contribution in [-0.2, 0) is 4.74 Å². The molecule has 2 aliphatic heterocycles. The van der Waals surface area contributed by atoms with E-state index >= 15 is 0 Å². The maximum atomic E-state index is 14.6. The zero-order valence-corrected chi connectivity index (χ0v) is 23.4. The number of thiophene rings is 1. The van der Waals surface area contributed by atoms with Crippen molar-refractivity contribution in [3.8, 4) is 27.3 Å². The van der Waals surface area contributed by atoms with Crippen LogP contribution in [0.1, 0.15) is 49.7 Å². The maximum absolute atomic E-state index is 14.6. The number of hydrogen-bond acceptors (Lipinski definition) is 5. The van der Waals surface area contributed by atoms with E-state index in [4.69, 9.17) is 16.0 Å². The summed E-state index contributed by atoms with van der Waals surface area (Å²) >= 11 is 1.16. The molecule has 3 atom stereocenters. The van der Waals surface area contributed by atoms with Crippen molar-refractivity contribution in [2.24, 2.45) is 0 Å². The van der Waals surface area contributed by atoms with Crippen LogP contribution in [-0.4, -0.2) is 47.7 Å². The van der Waals surface area contributed by atoms with Crippen molar-refractivity contribution in [2.75, 3.05) is 7.11 Å². The fourth-order valence-electron chi connectivity index (χ4n) is 5.49. The second-order valence-electron chi connectivity index (χ2n) is 11.0. The van der Waals surface area contributed by atoms with Gasteiger partial charge in [-0.1, -0.05) is 12.1 Å². The molecule has 7 nitrogen and oxygen atoms in total. The fraction of sp³-hybridized carbons (Fsp3) is 0.367. The number of rotatable bonds is 5. The van der Waals surface area contributed by atoms with E-state index in [0.29, 0.717) is 32.9 Å². The zero-order valence-electron chi connectivity index (χ0n) is 22.6. The van der Waals surface area contributed by atoms with E-state index in [9.17, 15) is 18.4 Å². The van der Waals surface area contributed by atoms with E-state index in [1.807, 2.05) is 20.8 Å². The molecular formula is C30H29F2N3O4S. The molecule has 2 saturated heterocycles. The molecular weight excluding hydrogens is 536 g/mol. The summed E-state index contributed by atoms with van der Waals surface area (Å²) in [7, 11) is 1.37. The highest BCUT2D eigenvalue weighted by atomic mass is 32.1. The molecule has 40 heavy (non-hydrogen) atoms. The average Bonchev–Trinajstić information content (AvgIpc) is 3.61. The number of ether oxygens (including phenoxy) is 2. The summed E-state index contributed by atoms with van der Waals surface area (Å²) in [5.41, 5.74) is 0.776. The molecule has 2 aliphatic rings. The van der Waals surface area contributed by atoms with E-state index < -0.39 is 17.2 Å². The smallest absolute Gasteiger partial charge is 0.410 e. The lowest BCUT2D eigenvalue weighted by molar-refractivity contribution is 0.0209. The van der Waals surface area contributed by atoms with Gasteiger partial charge in [0.25, 0.3) is 5.91 Å². The predicted octanol–water partition coefficient (Wildman–Crippen LogP) is 7.19. The summed E-state index contributed by atoms with van der Waals surface area (Å²) in [6, 6.07) is 9.99. The molecule has 3 heterocycles. The van der Waals surface area contributed by atoms with Gasteiger partial charge in [0, 0.05) is 16.5 Å². The fourth-order valence-corrected chi connectivity index (χ4v) is 6.57. The third kappa shape index (κ3) is 5.26. The Morgan fingerprint density at radius 2 is 1.80 bits per heavy atom.